The Hall–Kier alpha value is -2.48. The van der Waals surface area contributed by atoms with Crippen molar-refractivity contribution in [1.29, 1.82) is 0 Å². The highest BCUT2D eigenvalue weighted by molar-refractivity contribution is 5.79. The van der Waals surface area contributed by atoms with Crippen molar-refractivity contribution in [2.75, 3.05) is 47.4 Å². The van der Waals surface area contributed by atoms with Gasteiger partial charge in [-0.2, -0.15) is 0 Å². The van der Waals surface area contributed by atoms with Gasteiger partial charge < -0.3 is 30.7 Å². The number of nitrogens with two attached hydrogens (primary N) is 1. The van der Waals surface area contributed by atoms with E-state index in [1.165, 1.54) is 0 Å². The van der Waals surface area contributed by atoms with Gasteiger partial charge >= 0.3 is 0 Å². The number of nitrogens with one attached hydrogen (secondary N) is 2. The summed E-state index contributed by atoms with van der Waals surface area (Å²) in [6.07, 6.45) is 3.94. The third-order valence-electron chi connectivity index (χ3n) is 5.35. The molecule has 162 valence electrons. The van der Waals surface area contributed by atoms with Crippen LogP contribution in [0.5, 0.6) is 11.5 Å². The third-order valence-corrected chi connectivity index (χ3v) is 5.35. The Bertz CT molecular complexity index is 672. The molecule has 0 aliphatic carbocycles. The lowest BCUT2D eigenvalue weighted by molar-refractivity contribution is -0.123. The van der Waals surface area contributed by atoms with E-state index in [-0.39, 0.29) is 11.8 Å². The highest BCUT2D eigenvalue weighted by Crippen LogP contribution is 2.24. The number of likely N-dealkylation sites (tertiary alicyclic amines) is 1. The predicted octanol–water partition coefficient (Wildman–Crippen LogP) is 1.35. The number of piperidine rings is 1. The number of aliphatic imine (C=N–C) groups is 1. The first-order valence-corrected chi connectivity index (χ1v) is 10.2. The molecule has 29 heavy (non-hydrogen) atoms. The van der Waals surface area contributed by atoms with Gasteiger partial charge in [-0.3, -0.25) is 9.79 Å². The molecule has 4 N–H and O–H groups in total. The lowest BCUT2D eigenvalue weighted by Gasteiger charge is -2.30. The Kier molecular flexibility index (Phi) is 9.56. The molecular formula is C21H35N5O3. The van der Waals surface area contributed by atoms with Crippen molar-refractivity contribution in [3.8, 4) is 11.5 Å². The third kappa shape index (κ3) is 7.45. The second-order valence-electron chi connectivity index (χ2n) is 7.26. The number of methoxy groups -OCH3 is 2. The molecule has 0 atom stereocenters. The lowest BCUT2D eigenvalue weighted by atomic mass is 9.96. The Balaban J connectivity index is 1.64. The lowest BCUT2D eigenvalue weighted by Crippen LogP contribution is -2.39. The maximum atomic E-state index is 11.2. The van der Waals surface area contributed by atoms with Crippen LogP contribution in [0.4, 0.5) is 0 Å². The fourth-order valence-electron chi connectivity index (χ4n) is 3.51. The number of unbranched alkanes of at least 4 members (excludes halogenated alkanes) is 1. The summed E-state index contributed by atoms with van der Waals surface area (Å²) in [6.45, 7) is 4.46. The minimum Gasteiger partial charge on any atom is -0.497 e. The molecule has 1 heterocycles. The molecule has 1 amide bonds. The van der Waals surface area contributed by atoms with Gasteiger partial charge in [0.1, 0.15) is 11.5 Å². The van der Waals surface area contributed by atoms with E-state index in [9.17, 15) is 4.79 Å². The fourth-order valence-corrected chi connectivity index (χ4v) is 3.51. The van der Waals surface area contributed by atoms with Crippen LogP contribution in [0.1, 0.15) is 31.2 Å². The van der Waals surface area contributed by atoms with Gasteiger partial charge in [-0.05, 0) is 57.5 Å². The first-order valence-electron chi connectivity index (χ1n) is 10.2. The second-order valence-corrected chi connectivity index (χ2v) is 7.26. The van der Waals surface area contributed by atoms with Crippen LogP contribution in [0, 0.1) is 5.92 Å². The summed E-state index contributed by atoms with van der Waals surface area (Å²) in [5.41, 5.74) is 6.43. The number of hydrogen-bond donors (Lipinski definition) is 3. The molecule has 0 spiro atoms. The Labute approximate surface area is 173 Å². The summed E-state index contributed by atoms with van der Waals surface area (Å²) in [4.78, 5) is 17.9. The van der Waals surface area contributed by atoms with E-state index in [0.29, 0.717) is 6.54 Å². The maximum absolute atomic E-state index is 11.2. The highest BCUT2D eigenvalue weighted by Gasteiger charge is 2.22. The molecule has 0 unspecified atom stereocenters. The monoisotopic (exact) mass is 405 g/mol. The molecule has 1 aromatic carbocycles. The topological polar surface area (TPSA) is 101 Å². The minimum atomic E-state index is -0.153. The number of ether oxygens (including phenoxy) is 2. The van der Waals surface area contributed by atoms with Crippen LogP contribution >= 0.6 is 0 Å². The largest absolute Gasteiger partial charge is 0.497 e. The van der Waals surface area contributed by atoms with E-state index < -0.39 is 0 Å². The van der Waals surface area contributed by atoms with Crippen LogP contribution in [0.15, 0.2) is 23.2 Å². The van der Waals surface area contributed by atoms with Crippen LogP contribution in [-0.2, 0) is 11.3 Å². The quantitative estimate of drug-likeness (QED) is 0.309. The van der Waals surface area contributed by atoms with Crippen molar-refractivity contribution in [2.24, 2.45) is 16.6 Å². The Morgan fingerprint density at radius 1 is 1.21 bits per heavy atom. The number of amides is 1. The zero-order valence-corrected chi connectivity index (χ0v) is 17.9. The number of carbonyl (C=O) groups excluding carboxylic acids is 1. The summed E-state index contributed by atoms with van der Waals surface area (Å²) in [5.74, 6) is 2.23. The molecule has 1 aromatic rings. The van der Waals surface area contributed by atoms with Crippen LogP contribution in [0.3, 0.4) is 0 Å². The van der Waals surface area contributed by atoms with Gasteiger partial charge in [-0.25, -0.2) is 0 Å². The second kappa shape index (κ2) is 12.2. The van der Waals surface area contributed by atoms with E-state index in [1.54, 1.807) is 21.3 Å². The Morgan fingerprint density at radius 2 is 1.97 bits per heavy atom. The molecule has 1 aliphatic rings. The van der Waals surface area contributed by atoms with E-state index in [1.807, 2.05) is 18.2 Å². The van der Waals surface area contributed by atoms with Gasteiger partial charge in [0.05, 0.1) is 14.2 Å². The number of hydrogen-bond acceptors (Lipinski definition) is 5. The van der Waals surface area contributed by atoms with Crippen LogP contribution in [0.25, 0.3) is 0 Å². The molecule has 0 aromatic heterocycles. The van der Waals surface area contributed by atoms with Crippen molar-refractivity contribution in [2.45, 2.75) is 32.2 Å². The van der Waals surface area contributed by atoms with E-state index in [0.717, 1.165) is 74.9 Å². The number of benzene rings is 1. The fraction of sp³-hybridized carbons (Fsp3) is 0.619. The minimum absolute atomic E-state index is 0.0617. The molecule has 2 rings (SSSR count). The van der Waals surface area contributed by atoms with Crippen LogP contribution < -0.4 is 25.8 Å². The molecule has 0 radical (unpaired) electrons. The summed E-state index contributed by atoms with van der Waals surface area (Å²) >= 11 is 0. The predicted molar refractivity (Wildman–Crippen MR) is 115 cm³/mol. The van der Waals surface area contributed by atoms with Crippen molar-refractivity contribution in [3.63, 3.8) is 0 Å². The average Bonchev–Trinajstić information content (AvgIpc) is 2.75. The van der Waals surface area contributed by atoms with E-state index in [4.69, 9.17) is 15.2 Å². The first kappa shape index (κ1) is 22.8. The van der Waals surface area contributed by atoms with Crippen molar-refractivity contribution < 1.29 is 14.3 Å². The average molecular weight is 406 g/mol. The zero-order valence-electron chi connectivity index (χ0n) is 17.9. The molecule has 1 fully saturated rings. The number of rotatable bonds is 10. The van der Waals surface area contributed by atoms with Gasteiger partial charge in [0.2, 0.25) is 5.91 Å². The van der Waals surface area contributed by atoms with Crippen molar-refractivity contribution in [1.82, 2.24) is 15.5 Å². The number of guanidine groups is 1. The van der Waals surface area contributed by atoms with Gasteiger partial charge in [0.25, 0.3) is 0 Å². The maximum Gasteiger partial charge on any atom is 0.220 e. The summed E-state index contributed by atoms with van der Waals surface area (Å²) in [7, 11) is 5.06. The highest BCUT2D eigenvalue weighted by atomic mass is 16.5. The standard InChI is InChI=1S/C21H35N5O3/c1-23-21(25-15-17-6-7-18(28-2)14-19(17)29-3)24-10-4-5-11-26-12-8-16(9-13-26)20(22)27/h6-7,14,16H,4-5,8-13,15H2,1-3H3,(H2,22,27)(H2,23,24,25). The normalized spacial score (nSPS) is 15.8. The molecule has 8 heteroatoms. The summed E-state index contributed by atoms with van der Waals surface area (Å²) in [5, 5.41) is 6.67. The van der Waals surface area contributed by atoms with Gasteiger partial charge in [0.15, 0.2) is 5.96 Å². The number of carbonyl (C=O) groups is 1. The summed E-state index contributed by atoms with van der Waals surface area (Å²) in [6, 6.07) is 5.78. The molecule has 1 aliphatic heterocycles. The van der Waals surface area contributed by atoms with Crippen molar-refractivity contribution >= 4 is 11.9 Å². The van der Waals surface area contributed by atoms with Gasteiger partial charge in [-0.15, -0.1) is 0 Å². The van der Waals surface area contributed by atoms with Crippen LogP contribution in [-0.4, -0.2) is 64.2 Å². The molecular weight excluding hydrogens is 370 g/mol. The SMILES string of the molecule is CN=C(NCCCCN1CCC(C(N)=O)CC1)NCc1ccc(OC)cc1OC. The molecule has 8 nitrogen and oxygen atoms in total. The number of nitrogens with zero attached hydrogens (tertiary/aromatic N) is 2. The molecule has 0 saturated carbocycles. The van der Waals surface area contributed by atoms with Gasteiger partial charge in [-0.1, -0.05) is 0 Å². The van der Waals surface area contributed by atoms with Crippen molar-refractivity contribution in [3.05, 3.63) is 23.8 Å². The number of primary amides is 1. The molecule has 1 saturated heterocycles. The van der Waals surface area contributed by atoms with E-state index >= 15 is 0 Å². The van der Waals surface area contributed by atoms with Gasteiger partial charge in [0, 0.05) is 37.7 Å². The van der Waals surface area contributed by atoms with Crippen LogP contribution in [0.2, 0.25) is 0 Å². The summed E-state index contributed by atoms with van der Waals surface area (Å²) < 4.78 is 10.7. The molecule has 0 bridgehead atoms. The Morgan fingerprint density at radius 3 is 2.59 bits per heavy atom. The first-order chi connectivity index (χ1) is 14.1. The van der Waals surface area contributed by atoms with E-state index in [2.05, 4.69) is 20.5 Å². The zero-order chi connectivity index (χ0) is 21.1. The smallest absolute Gasteiger partial charge is 0.220 e.